The highest BCUT2D eigenvalue weighted by atomic mass is 32.2. The van der Waals surface area contributed by atoms with Crippen LogP contribution >= 0.6 is 0 Å². The summed E-state index contributed by atoms with van der Waals surface area (Å²) in [4.78, 5) is 27.5. The molecule has 1 aliphatic heterocycles. The van der Waals surface area contributed by atoms with Crippen molar-refractivity contribution >= 4 is 27.3 Å². The molecule has 0 N–H and O–H groups in total. The maximum atomic E-state index is 13.4. The third-order valence-electron chi connectivity index (χ3n) is 6.82. The van der Waals surface area contributed by atoms with Gasteiger partial charge in [-0.25, -0.2) is 8.42 Å². The van der Waals surface area contributed by atoms with Gasteiger partial charge in [-0.05, 0) is 62.6 Å². The van der Waals surface area contributed by atoms with E-state index in [-0.39, 0.29) is 38.1 Å². The summed E-state index contributed by atoms with van der Waals surface area (Å²) in [6.45, 7) is 2.55. The van der Waals surface area contributed by atoms with Crippen LogP contribution in [0.4, 0.5) is 32.0 Å². The zero-order chi connectivity index (χ0) is 28.8. The maximum absolute atomic E-state index is 13.4. The van der Waals surface area contributed by atoms with Crippen molar-refractivity contribution in [3.63, 3.8) is 0 Å². The first kappa shape index (κ1) is 32.1. The maximum Gasteiger partial charge on any atom is 0.416 e. The van der Waals surface area contributed by atoms with Gasteiger partial charge in [0.15, 0.2) is 9.84 Å². The van der Waals surface area contributed by atoms with Gasteiger partial charge >= 0.3 is 12.4 Å². The van der Waals surface area contributed by atoms with E-state index in [1.165, 1.54) is 27.9 Å². The molecule has 2 aromatic rings. The number of carbonyl (C=O) groups is 2. The van der Waals surface area contributed by atoms with Crippen molar-refractivity contribution in [1.29, 1.82) is 0 Å². The molecule has 1 saturated heterocycles. The number of hydrogen-bond donors (Lipinski definition) is 0. The van der Waals surface area contributed by atoms with E-state index in [0.29, 0.717) is 12.1 Å². The van der Waals surface area contributed by atoms with Gasteiger partial charge < -0.3 is 9.80 Å². The summed E-state index contributed by atoms with van der Waals surface area (Å²) in [5, 5.41) is 0. The molecule has 0 aromatic heterocycles. The Balaban J connectivity index is 0.00000533. The van der Waals surface area contributed by atoms with Crippen LogP contribution in [-0.2, 0) is 27.0 Å². The molecule has 6 nitrogen and oxygen atoms in total. The molecular weight excluding hydrogens is 550 g/mol. The second-order valence-corrected chi connectivity index (χ2v) is 12.3. The number of nitrogens with zero attached hydrogens (tertiary/aromatic N) is 2. The van der Waals surface area contributed by atoms with Crippen molar-refractivity contribution in [2.75, 3.05) is 25.5 Å². The monoisotopic (exact) mass is 580 g/mol. The van der Waals surface area contributed by atoms with Crippen LogP contribution in [0.1, 0.15) is 55.6 Å². The van der Waals surface area contributed by atoms with Crippen molar-refractivity contribution in [2.45, 2.75) is 56.1 Å². The highest BCUT2D eigenvalue weighted by Gasteiger charge is 2.47. The highest BCUT2D eigenvalue weighted by molar-refractivity contribution is 7.92. The van der Waals surface area contributed by atoms with E-state index in [1.54, 1.807) is 0 Å². The van der Waals surface area contributed by atoms with Crippen LogP contribution < -0.4 is 4.90 Å². The van der Waals surface area contributed by atoms with E-state index in [9.17, 15) is 44.3 Å². The molecule has 1 aliphatic rings. The Labute approximate surface area is 223 Å². The van der Waals surface area contributed by atoms with Gasteiger partial charge in [-0.15, -0.1) is 0 Å². The fourth-order valence-electron chi connectivity index (χ4n) is 4.40. The Hall–Kier alpha value is -3.09. The first-order valence-electron chi connectivity index (χ1n) is 11.4. The van der Waals surface area contributed by atoms with Gasteiger partial charge in [0.25, 0.3) is 5.91 Å². The minimum atomic E-state index is -4.75. The predicted molar refractivity (Wildman–Crippen MR) is 134 cm³/mol. The molecule has 3 rings (SSSR count). The number of sulfone groups is 1. The van der Waals surface area contributed by atoms with Gasteiger partial charge in [-0.1, -0.05) is 13.5 Å². The third kappa shape index (κ3) is 6.23. The highest BCUT2D eigenvalue weighted by Crippen LogP contribution is 2.41. The lowest BCUT2D eigenvalue weighted by molar-refractivity contribution is -0.138. The van der Waals surface area contributed by atoms with Gasteiger partial charge in [-0.2, -0.15) is 26.3 Å². The topological polar surface area (TPSA) is 74.8 Å². The fraction of sp³-hybridized carbons (Fsp3) is 0.462. The van der Waals surface area contributed by atoms with Crippen LogP contribution in [0.3, 0.4) is 0 Å². The van der Waals surface area contributed by atoms with E-state index in [0.717, 1.165) is 40.1 Å². The molecule has 1 atom stereocenters. The molecule has 2 amide bonds. The lowest BCUT2D eigenvalue weighted by atomic mass is 9.85. The van der Waals surface area contributed by atoms with Gasteiger partial charge in [-0.3, -0.25) is 9.59 Å². The zero-order valence-electron chi connectivity index (χ0n) is 20.9. The van der Waals surface area contributed by atoms with E-state index in [2.05, 4.69) is 0 Å². The Morgan fingerprint density at radius 1 is 0.949 bits per heavy atom. The van der Waals surface area contributed by atoms with Crippen molar-refractivity contribution in [2.24, 2.45) is 5.92 Å². The normalized spacial score (nSPS) is 17.0. The molecule has 0 aliphatic carbocycles. The number of piperidine rings is 1. The standard InChI is InChI=1S/C25H26F6N2O4S.CH4/c1-23(2,38(36,37)18-7-5-6-16(12-18)24(26,27)28)15-10-11-33(21(34)14-15)20-9-8-17(25(29,30)31)13-19(20)22(35)32(3)4;/h5-9,12-13,15H,10-11,14H2,1-4H3;1H4/t15-;/m1./s1. The molecule has 2 aromatic carbocycles. The van der Waals surface area contributed by atoms with Crippen molar-refractivity contribution in [3.05, 3.63) is 59.2 Å². The Morgan fingerprint density at radius 3 is 2.03 bits per heavy atom. The van der Waals surface area contributed by atoms with Crippen LogP contribution in [-0.4, -0.2) is 50.5 Å². The Kier molecular flexibility index (Phi) is 8.91. The number of benzene rings is 2. The Morgan fingerprint density at radius 2 is 1.51 bits per heavy atom. The van der Waals surface area contributed by atoms with Gasteiger partial charge in [0.1, 0.15) is 0 Å². The lowest BCUT2D eigenvalue weighted by Gasteiger charge is -2.40. The average Bonchev–Trinajstić information content (AvgIpc) is 2.82. The lowest BCUT2D eigenvalue weighted by Crippen LogP contribution is -2.49. The van der Waals surface area contributed by atoms with Crippen molar-refractivity contribution < 1.29 is 44.3 Å². The van der Waals surface area contributed by atoms with Gasteiger partial charge in [0.05, 0.1) is 32.0 Å². The van der Waals surface area contributed by atoms with Crippen LogP contribution in [0, 0.1) is 5.92 Å². The minimum absolute atomic E-state index is 0. The second-order valence-electron chi connectivity index (χ2n) is 9.80. The quantitative estimate of drug-likeness (QED) is 0.403. The summed E-state index contributed by atoms with van der Waals surface area (Å²) in [5.74, 6) is -2.19. The molecule has 216 valence electrons. The summed E-state index contributed by atoms with van der Waals surface area (Å²) in [5.41, 5.74) is -2.58. The zero-order valence-corrected chi connectivity index (χ0v) is 21.8. The van der Waals surface area contributed by atoms with Crippen LogP contribution in [0.5, 0.6) is 0 Å². The number of rotatable bonds is 5. The van der Waals surface area contributed by atoms with Crippen LogP contribution in [0.25, 0.3) is 0 Å². The summed E-state index contributed by atoms with van der Waals surface area (Å²) in [7, 11) is -1.64. The summed E-state index contributed by atoms with van der Waals surface area (Å²) >= 11 is 0. The molecule has 0 unspecified atom stereocenters. The first-order chi connectivity index (χ1) is 17.3. The number of halogens is 6. The fourth-order valence-corrected chi connectivity index (χ4v) is 6.19. The molecular formula is C26H30F6N2O4S. The van der Waals surface area contributed by atoms with E-state index in [1.807, 2.05) is 0 Å². The molecule has 0 spiro atoms. The number of amides is 2. The average molecular weight is 581 g/mol. The smallest absolute Gasteiger partial charge is 0.345 e. The molecule has 0 radical (unpaired) electrons. The minimum Gasteiger partial charge on any atom is -0.345 e. The SMILES string of the molecule is C.CN(C)C(=O)c1cc(C(F)(F)F)ccc1N1CC[C@@H](C(C)(C)S(=O)(=O)c2cccc(C(F)(F)F)c2)CC1=O. The molecule has 1 heterocycles. The van der Waals surface area contributed by atoms with Gasteiger partial charge in [0, 0.05) is 27.1 Å². The number of anilines is 1. The number of alkyl halides is 6. The molecule has 0 saturated carbocycles. The summed E-state index contributed by atoms with van der Waals surface area (Å²) in [6.07, 6.45) is -9.74. The number of carbonyl (C=O) groups excluding carboxylic acids is 2. The van der Waals surface area contributed by atoms with Crippen LogP contribution in [0.15, 0.2) is 47.4 Å². The molecule has 13 heteroatoms. The largest absolute Gasteiger partial charge is 0.416 e. The second kappa shape index (κ2) is 10.8. The molecule has 0 bridgehead atoms. The third-order valence-corrected chi connectivity index (χ3v) is 9.42. The molecule has 1 fully saturated rings. The van der Waals surface area contributed by atoms with E-state index < -0.39 is 60.7 Å². The van der Waals surface area contributed by atoms with Crippen LogP contribution in [0.2, 0.25) is 0 Å². The van der Waals surface area contributed by atoms with Crippen molar-refractivity contribution in [3.8, 4) is 0 Å². The summed E-state index contributed by atoms with van der Waals surface area (Å²) in [6, 6.07) is 5.81. The predicted octanol–water partition coefficient (Wildman–Crippen LogP) is 6.06. The van der Waals surface area contributed by atoms with E-state index in [4.69, 9.17) is 0 Å². The first-order valence-corrected chi connectivity index (χ1v) is 12.9. The Bertz CT molecular complexity index is 1350. The summed E-state index contributed by atoms with van der Waals surface area (Å²) < 4.78 is 104. The van der Waals surface area contributed by atoms with Crippen molar-refractivity contribution in [1.82, 2.24) is 4.90 Å². The van der Waals surface area contributed by atoms with Gasteiger partial charge in [0.2, 0.25) is 5.91 Å². The number of hydrogen-bond acceptors (Lipinski definition) is 4. The molecule has 39 heavy (non-hydrogen) atoms. The van der Waals surface area contributed by atoms with E-state index >= 15 is 0 Å².